The SMILES string of the molecule is CCC1CNC(C2CC2)CN1Cc1ncon1. The summed E-state index contributed by atoms with van der Waals surface area (Å²) in [5.74, 6) is 1.71. The Kier molecular flexibility index (Phi) is 3.11. The molecule has 0 spiro atoms. The molecule has 1 saturated heterocycles. The zero-order valence-corrected chi connectivity index (χ0v) is 10.3. The van der Waals surface area contributed by atoms with Gasteiger partial charge in [0.2, 0.25) is 6.39 Å². The molecule has 2 atom stereocenters. The lowest BCUT2D eigenvalue weighted by atomic mass is 10.0. The van der Waals surface area contributed by atoms with E-state index in [-0.39, 0.29) is 0 Å². The third kappa shape index (κ3) is 2.50. The molecule has 1 aromatic rings. The number of aromatic nitrogens is 2. The standard InChI is InChI=1S/C12H20N4O/c1-2-10-5-13-11(9-3-4-9)6-16(10)7-12-14-8-17-15-12/h8-11,13H,2-7H2,1H3. The Labute approximate surface area is 102 Å². The Balaban J connectivity index is 1.64. The molecule has 2 fully saturated rings. The molecule has 2 unspecified atom stereocenters. The van der Waals surface area contributed by atoms with Gasteiger partial charge in [-0.05, 0) is 25.2 Å². The van der Waals surface area contributed by atoms with Crippen LogP contribution in [0.15, 0.2) is 10.9 Å². The van der Waals surface area contributed by atoms with E-state index in [0.29, 0.717) is 12.1 Å². The van der Waals surface area contributed by atoms with Crippen molar-refractivity contribution in [1.82, 2.24) is 20.4 Å². The summed E-state index contributed by atoms with van der Waals surface area (Å²) in [6.45, 7) is 5.28. The highest BCUT2D eigenvalue weighted by atomic mass is 16.5. The number of hydrogen-bond donors (Lipinski definition) is 1. The Morgan fingerprint density at radius 1 is 1.53 bits per heavy atom. The summed E-state index contributed by atoms with van der Waals surface area (Å²) in [7, 11) is 0. The Morgan fingerprint density at radius 2 is 2.41 bits per heavy atom. The van der Waals surface area contributed by atoms with Gasteiger partial charge >= 0.3 is 0 Å². The van der Waals surface area contributed by atoms with Gasteiger partial charge in [0.15, 0.2) is 5.82 Å². The van der Waals surface area contributed by atoms with E-state index < -0.39 is 0 Å². The van der Waals surface area contributed by atoms with Crippen molar-refractivity contribution in [2.45, 2.75) is 44.8 Å². The van der Waals surface area contributed by atoms with Gasteiger partial charge in [0.25, 0.3) is 0 Å². The van der Waals surface area contributed by atoms with Crippen molar-refractivity contribution in [2.75, 3.05) is 13.1 Å². The first kappa shape index (κ1) is 11.2. The number of piperazine rings is 1. The molecule has 94 valence electrons. The fraction of sp³-hybridized carbons (Fsp3) is 0.833. The summed E-state index contributed by atoms with van der Waals surface area (Å²) in [4.78, 5) is 6.63. The fourth-order valence-electron chi connectivity index (χ4n) is 2.74. The molecule has 5 nitrogen and oxygen atoms in total. The van der Waals surface area contributed by atoms with Gasteiger partial charge in [0, 0.05) is 25.2 Å². The van der Waals surface area contributed by atoms with Crippen molar-refractivity contribution >= 4 is 0 Å². The molecule has 1 N–H and O–H groups in total. The van der Waals surface area contributed by atoms with Crippen LogP contribution in [-0.2, 0) is 6.54 Å². The molecule has 0 bridgehead atoms. The fourth-order valence-corrected chi connectivity index (χ4v) is 2.74. The molecule has 0 amide bonds. The van der Waals surface area contributed by atoms with E-state index in [9.17, 15) is 0 Å². The lowest BCUT2D eigenvalue weighted by molar-refractivity contribution is 0.108. The van der Waals surface area contributed by atoms with Crippen LogP contribution in [0, 0.1) is 5.92 Å². The summed E-state index contributed by atoms with van der Waals surface area (Å²) >= 11 is 0. The van der Waals surface area contributed by atoms with Crippen LogP contribution in [0.25, 0.3) is 0 Å². The molecule has 1 aromatic heterocycles. The molecule has 1 saturated carbocycles. The van der Waals surface area contributed by atoms with Gasteiger partial charge < -0.3 is 9.84 Å². The van der Waals surface area contributed by atoms with E-state index in [1.807, 2.05) is 0 Å². The van der Waals surface area contributed by atoms with Gasteiger partial charge in [-0.1, -0.05) is 12.1 Å². The van der Waals surface area contributed by atoms with Gasteiger partial charge in [-0.15, -0.1) is 0 Å². The van der Waals surface area contributed by atoms with Gasteiger partial charge in [-0.2, -0.15) is 4.98 Å². The number of rotatable bonds is 4. The van der Waals surface area contributed by atoms with Crippen LogP contribution in [0.4, 0.5) is 0 Å². The second kappa shape index (κ2) is 4.74. The van der Waals surface area contributed by atoms with Crippen molar-refractivity contribution in [3.8, 4) is 0 Å². The summed E-state index contributed by atoms with van der Waals surface area (Å²) in [5.41, 5.74) is 0. The van der Waals surface area contributed by atoms with E-state index in [2.05, 4.69) is 27.3 Å². The van der Waals surface area contributed by atoms with Crippen molar-refractivity contribution in [2.24, 2.45) is 5.92 Å². The van der Waals surface area contributed by atoms with E-state index in [0.717, 1.165) is 31.4 Å². The van der Waals surface area contributed by atoms with E-state index in [4.69, 9.17) is 4.52 Å². The van der Waals surface area contributed by atoms with Gasteiger partial charge in [0.05, 0.1) is 6.54 Å². The minimum atomic E-state index is 0.600. The molecular weight excluding hydrogens is 216 g/mol. The zero-order chi connectivity index (χ0) is 11.7. The largest absolute Gasteiger partial charge is 0.343 e. The topological polar surface area (TPSA) is 54.2 Å². The third-order valence-electron chi connectivity index (χ3n) is 3.98. The average molecular weight is 236 g/mol. The number of nitrogens with zero attached hydrogens (tertiary/aromatic N) is 3. The molecule has 0 radical (unpaired) electrons. The van der Waals surface area contributed by atoms with Crippen LogP contribution in [0.3, 0.4) is 0 Å². The summed E-state index contributed by atoms with van der Waals surface area (Å²) in [6.07, 6.45) is 5.37. The Hall–Kier alpha value is -0.940. The second-order valence-corrected chi connectivity index (χ2v) is 5.19. The van der Waals surface area contributed by atoms with Crippen molar-refractivity contribution in [1.29, 1.82) is 0 Å². The Bertz CT molecular complexity index is 349. The quantitative estimate of drug-likeness (QED) is 0.846. The van der Waals surface area contributed by atoms with E-state index >= 15 is 0 Å². The van der Waals surface area contributed by atoms with Crippen LogP contribution < -0.4 is 5.32 Å². The van der Waals surface area contributed by atoms with E-state index in [1.165, 1.54) is 25.7 Å². The lowest BCUT2D eigenvalue weighted by Crippen LogP contribution is -2.56. The molecular formula is C12H20N4O. The molecule has 17 heavy (non-hydrogen) atoms. The smallest absolute Gasteiger partial charge is 0.213 e. The maximum Gasteiger partial charge on any atom is 0.213 e. The Morgan fingerprint density at radius 3 is 3.06 bits per heavy atom. The first-order valence-corrected chi connectivity index (χ1v) is 6.59. The first-order chi connectivity index (χ1) is 8.36. The molecule has 2 aliphatic rings. The minimum Gasteiger partial charge on any atom is -0.343 e. The van der Waals surface area contributed by atoms with Crippen LogP contribution in [0.5, 0.6) is 0 Å². The van der Waals surface area contributed by atoms with Crippen LogP contribution in [0.1, 0.15) is 32.0 Å². The van der Waals surface area contributed by atoms with Gasteiger partial charge in [-0.25, -0.2) is 0 Å². The predicted octanol–water partition coefficient (Wildman–Crippen LogP) is 1.03. The van der Waals surface area contributed by atoms with Crippen LogP contribution >= 0.6 is 0 Å². The molecule has 1 aliphatic heterocycles. The lowest BCUT2D eigenvalue weighted by Gasteiger charge is -2.39. The van der Waals surface area contributed by atoms with Crippen molar-refractivity contribution < 1.29 is 4.52 Å². The predicted molar refractivity (Wildman–Crippen MR) is 63.3 cm³/mol. The van der Waals surface area contributed by atoms with Crippen molar-refractivity contribution in [3.05, 3.63) is 12.2 Å². The summed E-state index contributed by atoms with van der Waals surface area (Å²) in [6, 6.07) is 1.27. The highest BCUT2D eigenvalue weighted by Gasteiger charge is 2.36. The highest BCUT2D eigenvalue weighted by molar-refractivity contribution is 4.95. The molecule has 0 aromatic carbocycles. The summed E-state index contributed by atoms with van der Waals surface area (Å²) < 4.78 is 4.81. The normalized spacial score (nSPS) is 30.6. The number of hydrogen-bond acceptors (Lipinski definition) is 5. The molecule has 3 rings (SSSR count). The zero-order valence-electron chi connectivity index (χ0n) is 10.3. The maximum atomic E-state index is 4.81. The van der Waals surface area contributed by atoms with Crippen molar-refractivity contribution in [3.63, 3.8) is 0 Å². The summed E-state index contributed by atoms with van der Waals surface area (Å²) in [5, 5.41) is 7.60. The molecule has 5 heteroatoms. The molecule has 2 heterocycles. The third-order valence-corrected chi connectivity index (χ3v) is 3.98. The molecule has 1 aliphatic carbocycles. The first-order valence-electron chi connectivity index (χ1n) is 6.59. The van der Waals surface area contributed by atoms with Gasteiger partial charge in [-0.3, -0.25) is 4.90 Å². The number of nitrogens with one attached hydrogen (secondary N) is 1. The van der Waals surface area contributed by atoms with E-state index in [1.54, 1.807) is 0 Å². The maximum absolute atomic E-state index is 4.81. The minimum absolute atomic E-state index is 0.600. The van der Waals surface area contributed by atoms with Gasteiger partial charge in [0.1, 0.15) is 0 Å². The monoisotopic (exact) mass is 236 g/mol. The average Bonchev–Trinajstić information content (AvgIpc) is 3.09. The second-order valence-electron chi connectivity index (χ2n) is 5.19. The van der Waals surface area contributed by atoms with Crippen LogP contribution in [0.2, 0.25) is 0 Å². The highest BCUT2D eigenvalue weighted by Crippen LogP contribution is 2.34. The van der Waals surface area contributed by atoms with Crippen LogP contribution in [-0.4, -0.2) is 40.2 Å².